The van der Waals surface area contributed by atoms with Crippen molar-refractivity contribution in [2.75, 3.05) is 6.54 Å². The van der Waals surface area contributed by atoms with Gasteiger partial charge in [0.2, 0.25) is 0 Å². The lowest BCUT2D eigenvalue weighted by Gasteiger charge is -2.05. The molecule has 0 saturated carbocycles. The lowest BCUT2D eigenvalue weighted by Crippen LogP contribution is -2.16. The van der Waals surface area contributed by atoms with Crippen molar-refractivity contribution in [1.29, 1.82) is 0 Å². The molecule has 1 amide bonds. The zero-order valence-corrected chi connectivity index (χ0v) is 13.8. The van der Waals surface area contributed by atoms with Gasteiger partial charge in [-0.05, 0) is 41.8 Å². The zero-order valence-electron chi connectivity index (χ0n) is 13.8. The zero-order chi connectivity index (χ0) is 17.6. The van der Waals surface area contributed by atoms with Crippen molar-refractivity contribution in [2.45, 2.75) is 13.0 Å². The number of para-hydroxylation sites is 1. The SMILES string of the molecule is NC(=O)C(O)=Cc1ccc(CNCCc2c[nH]c3ccccc23)cc1. The van der Waals surface area contributed by atoms with Crippen LogP contribution in [0, 0.1) is 0 Å². The number of fused-ring (bicyclic) bond motifs is 1. The van der Waals surface area contributed by atoms with Crippen molar-refractivity contribution in [3.63, 3.8) is 0 Å². The Kier molecular flexibility index (Phi) is 5.16. The average molecular weight is 335 g/mol. The Morgan fingerprint density at radius 2 is 1.92 bits per heavy atom. The van der Waals surface area contributed by atoms with Crippen molar-refractivity contribution < 1.29 is 9.90 Å². The number of aromatic nitrogens is 1. The van der Waals surface area contributed by atoms with Crippen LogP contribution in [0.5, 0.6) is 0 Å². The maximum atomic E-state index is 10.8. The lowest BCUT2D eigenvalue weighted by atomic mass is 10.1. The largest absolute Gasteiger partial charge is 0.503 e. The minimum atomic E-state index is -0.831. The monoisotopic (exact) mass is 335 g/mol. The number of H-pyrrole nitrogens is 1. The summed E-state index contributed by atoms with van der Waals surface area (Å²) in [6.07, 6.45) is 4.38. The van der Waals surface area contributed by atoms with Gasteiger partial charge < -0.3 is 21.1 Å². The summed E-state index contributed by atoms with van der Waals surface area (Å²) in [5.74, 6) is -1.27. The third-order valence-electron chi connectivity index (χ3n) is 4.11. The summed E-state index contributed by atoms with van der Waals surface area (Å²) < 4.78 is 0. The maximum Gasteiger partial charge on any atom is 0.283 e. The smallest absolute Gasteiger partial charge is 0.283 e. The molecule has 128 valence electrons. The number of carbonyl (C=O) groups is 1. The van der Waals surface area contributed by atoms with Gasteiger partial charge in [-0.1, -0.05) is 42.5 Å². The summed E-state index contributed by atoms with van der Waals surface area (Å²) in [4.78, 5) is 14.1. The summed E-state index contributed by atoms with van der Waals surface area (Å²) in [5.41, 5.74) is 9.35. The van der Waals surface area contributed by atoms with E-state index in [2.05, 4.69) is 34.7 Å². The number of rotatable bonds is 7. The molecule has 0 saturated heterocycles. The highest BCUT2D eigenvalue weighted by Gasteiger charge is 2.03. The van der Waals surface area contributed by atoms with Crippen LogP contribution in [0.4, 0.5) is 0 Å². The van der Waals surface area contributed by atoms with Crippen LogP contribution in [0.25, 0.3) is 17.0 Å². The van der Waals surface area contributed by atoms with E-state index in [0.717, 1.165) is 30.6 Å². The van der Waals surface area contributed by atoms with E-state index in [1.54, 1.807) is 0 Å². The number of aliphatic hydroxyl groups excluding tert-OH is 1. The van der Waals surface area contributed by atoms with Crippen molar-refractivity contribution in [3.05, 3.63) is 77.2 Å². The quantitative estimate of drug-likeness (QED) is 0.304. The first-order valence-corrected chi connectivity index (χ1v) is 8.18. The Bertz CT molecular complexity index is 895. The minimum absolute atomic E-state index is 0.440. The molecule has 5 nitrogen and oxygen atoms in total. The van der Waals surface area contributed by atoms with Crippen LogP contribution in [-0.2, 0) is 17.8 Å². The fourth-order valence-corrected chi connectivity index (χ4v) is 2.75. The topological polar surface area (TPSA) is 91.1 Å². The molecule has 0 aliphatic heterocycles. The van der Waals surface area contributed by atoms with E-state index in [9.17, 15) is 9.90 Å². The fraction of sp³-hybridized carbons (Fsp3) is 0.150. The standard InChI is InChI=1S/C20H21N3O2/c21-20(25)19(24)11-14-5-7-15(8-6-14)12-22-10-9-16-13-23-18-4-2-1-3-17(16)18/h1-8,11,13,22-24H,9-10,12H2,(H2,21,25). The second kappa shape index (κ2) is 7.68. The number of nitrogens with two attached hydrogens (primary N) is 1. The molecule has 3 aromatic rings. The first-order chi connectivity index (χ1) is 12.1. The van der Waals surface area contributed by atoms with E-state index < -0.39 is 11.7 Å². The van der Waals surface area contributed by atoms with Gasteiger partial charge in [-0.25, -0.2) is 0 Å². The predicted octanol–water partition coefficient (Wildman–Crippen LogP) is 2.88. The summed E-state index contributed by atoms with van der Waals surface area (Å²) >= 11 is 0. The highest BCUT2D eigenvalue weighted by atomic mass is 16.3. The second-order valence-electron chi connectivity index (χ2n) is 5.92. The van der Waals surface area contributed by atoms with Gasteiger partial charge in [0, 0.05) is 23.6 Å². The highest BCUT2D eigenvalue weighted by Crippen LogP contribution is 2.17. The van der Waals surface area contributed by atoms with Crippen molar-refractivity contribution in [2.24, 2.45) is 5.73 Å². The van der Waals surface area contributed by atoms with E-state index in [-0.39, 0.29) is 0 Å². The number of carbonyl (C=O) groups excluding carboxylic acids is 1. The Morgan fingerprint density at radius 3 is 2.68 bits per heavy atom. The van der Waals surface area contributed by atoms with Crippen LogP contribution in [-0.4, -0.2) is 22.5 Å². The van der Waals surface area contributed by atoms with E-state index in [0.29, 0.717) is 0 Å². The number of nitrogens with one attached hydrogen (secondary N) is 2. The molecule has 2 aromatic carbocycles. The van der Waals surface area contributed by atoms with Crippen LogP contribution in [0.3, 0.4) is 0 Å². The molecule has 0 spiro atoms. The number of hydrogen-bond donors (Lipinski definition) is 4. The molecule has 0 fully saturated rings. The molecule has 3 rings (SSSR count). The summed E-state index contributed by atoms with van der Waals surface area (Å²) in [6.45, 7) is 1.64. The van der Waals surface area contributed by atoms with Gasteiger partial charge >= 0.3 is 0 Å². The van der Waals surface area contributed by atoms with Crippen LogP contribution in [0.1, 0.15) is 16.7 Å². The number of amides is 1. The van der Waals surface area contributed by atoms with Gasteiger partial charge in [0.05, 0.1) is 0 Å². The van der Waals surface area contributed by atoms with Crippen LogP contribution in [0.15, 0.2) is 60.5 Å². The van der Waals surface area contributed by atoms with E-state index in [1.165, 1.54) is 22.5 Å². The molecule has 5 heteroatoms. The number of hydrogen-bond acceptors (Lipinski definition) is 3. The normalized spacial score (nSPS) is 11.8. The molecular weight excluding hydrogens is 314 g/mol. The highest BCUT2D eigenvalue weighted by molar-refractivity contribution is 5.93. The Morgan fingerprint density at radius 1 is 1.16 bits per heavy atom. The number of aliphatic hydroxyl groups is 1. The molecule has 0 radical (unpaired) electrons. The summed E-state index contributed by atoms with van der Waals surface area (Å²) in [6, 6.07) is 15.9. The van der Waals surface area contributed by atoms with E-state index in [4.69, 9.17) is 5.73 Å². The van der Waals surface area contributed by atoms with Gasteiger partial charge in [-0.3, -0.25) is 4.79 Å². The van der Waals surface area contributed by atoms with Crippen LogP contribution in [0.2, 0.25) is 0 Å². The first-order valence-electron chi connectivity index (χ1n) is 8.18. The summed E-state index contributed by atoms with van der Waals surface area (Å²) in [7, 11) is 0. The molecular formula is C20H21N3O2. The van der Waals surface area contributed by atoms with Crippen molar-refractivity contribution in [3.8, 4) is 0 Å². The molecule has 1 aromatic heterocycles. The predicted molar refractivity (Wildman–Crippen MR) is 100.0 cm³/mol. The molecule has 0 bridgehead atoms. The second-order valence-corrected chi connectivity index (χ2v) is 5.92. The van der Waals surface area contributed by atoms with Gasteiger partial charge in [0.15, 0.2) is 5.76 Å². The number of primary amides is 1. The molecule has 0 unspecified atom stereocenters. The Balaban J connectivity index is 1.51. The molecule has 5 N–H and O–H groups in total. The van der Waals surface area contributed by atoms with Crippen LogP contribution >= 0.6 is 0 Å². The molecule has 0 aliphatic rings. The van der Waals surface area contributed by atoms with Crippen LogP contribution < -0.4 is 11.1 Å². The lowest BCUT2D eigenvalue weighted by molar-refractivity contribution is -0.116. The maximum absolute atomic E-state index is 10.8. The molecule has 0 atom stereocenters. The third-order valence-corrected chi connectivity index (χ3v) is 4.11. The minimum Gasteiger partial charge on any atom is -0.503 e. The van der Waals surface area contributed by atoms with E-state index in [1.807, 2.05) is 30.3 Å². The third kappa shape index (κ3) is 4.28. The number of benzene rings is 2. The van der Waals surface area contributed by atoms with Gasteiger partial charge in [0.1, 0.15) is 0 Å². The van der Waals surface area contributed by atoms with Crippen molar-refractivity contribution >= 4 is 22.9 Å². The van der Waals surface area contributed by atoms with Gasteiger partial charge in [0.25, 0.3) is 5.91 Å². The molecule has 1 heterocycles. The van der Waals surface area contributed by atoms with Gasteiger partial charge in [-0.2, -0.15) is 0 Å². The molecule has 25 heavy (non-hydrogen) atoms. The number of aromatic amines is 1. The summed E-state index contributed by atoms with van der Waals surface area (Å²) in [5, 5.41) is 14.1. The average Bonchev–Trinajstić information content (AvgIpc) is 3.03. The fourth-order valence-electron chi connectivity index (χ4n) is 2.75. The molecule has 0 aliphatic carbocycles. The first kappa shape index (κ1) is 16.8. The van der Waals surface area contributed by atoms with E-state index >= 15 is 0 Å². The Hall–Kier alpha value is -3.05. The Labute approximate surface area is 146 Å². The van der Waals surface area contributed by atoms with Gasteiger partial charge in [-0.15, -0.1) is 0 Å². The van der Waals surface area contributed by atoms with Crippen molar-refractivity contribution in [1.82, 2.24) is 10.3 Å².